The number of benzene rings is 2. The molecule has 0 atom stereocenters. The van der Waals surface area contributed by atoms with E-state index in [0.29, 0.717) is 5.69 Å². The Kier molecular flexibility index (Phi) is 3.93. The summed E-state index contributed by atoms with van der Waals surface area (Å²) in [6.45, 7) is 5.80. The van der Waals surface area contributed by atoms with Crippen LogP contribution in [0.3, 0.4) is 0 Å². The highest BCUT2D eigenvalue weighted by molar-refractivity contribution is 5.92. The van der Waals surface area contributed by atoms with Gasteiger partial charge in [-0.25, -0.2) is 4.98 Å². The van der Waals surface area contributed by atoms with Crippen LogP contribution in [-0.4, -0.2) is 14.8 Å². The van der Waals surface area contributed by atoms with Crippen molar-refractivity contribution in [2.24, 2.45) is 5.16 Å². The largest absolute Gasteiger partial charge is 0.409 e. The highest BCUT2D eigenvalue weighted by Gasteiger charge is 2.20. The monoisotopic (exact) mass is 321 g/mol. The van der Waals surface area contributed by atoms with Gasteiger partial charge < -0.3 is 5.21 Å². The molecule has 1 heterocycles. The fraction of sp³-hybridized carbons (Fsp3) is 0.211. The lowest BCUT2D eigenvalue weighted by molar-refractivity contribution is 0.295. The fourth-order valence-electron chi connectivity index (χ4n) is 2.84. The number of fused-ring (bicyclic) bond motifs is 1. The number of hydrogen-bond acceptors (Lipinski definition) is 4. The van der Waals surface area contributed by atoms with Crippen molar-refractivity contribution in [3.63, 3.8) is 0 Å². The van der Waals surface area contributed by atoms with Crippen molar-refractivity contribution in [3.8, 4) is 11.3 Å². The van der Waals surface area contributed by atoms with E-state index < -0.39 is 11.1 Å². The molecular weight excluding hydrogens is 302 g/mol. The topological polar surface area (TPSA) is 67.5 Å². The molecule has 0 saturated carbocycles. The zero-order valence-corrected chi connectivity index (χ0v) is 13.9. The normalized spacial score (nSPS) is 12.5. The summed E-state index contributed by atoms with van der Waals surface area (Å²) in [7, 11) is 0. The summed E-state index contributed by atoms with van der Waals surface area (Å²) in [6.07, 6.45) is 0. The molecule has 0 amide bonds. The predicted octanol–water partition coefficient (Wildman–Crippen LogP) is 3.11. The van der Waals surface area contributed by atoms with E-state index in [0.717, 1.165) is 16.5 Å². The molecule has 1 aromatic heterocycles. The molecule has 0 fully saturated rings. The van der Waals surface area contributed by atoms with E-state index in [2.05, 4.69) is 10.1 Å². The van der Waals surface area contributed by atoms with Gasteiger partial charge in [0.25, 0.3) is 11.0 Å². The van der Waals surface area contributed by atoms with Crippen LogP contribution in [0.2, 0.25) is 0 Å². The van der Waals surface area contributed by atoms with Crippen molar-refractivity contribution in [2.75, 3.05) is 0 Å². The number of hydrogen-bond donors (Lipinski definition) is 1. The lowest BCUT2D eigenvalue weighted by Gasteiger charge is -2.22. The minimum absolute atomic E-state index is 0.222. The van der Waals surface area contributed by atoms with Gasteiger partial charge in [-0.05, 0) is 26.8 Å². The van der Waals surface area contributed by atoms with Crippen molar-refractivity contribution in [3.05, 3.63) is 70.4 Å². The Hall–Kier alpha value is -2.95. The van der Waals surface area contributed by atoms with E-state index in [-0.39, 0.29) is 5.49 Å². The van der Waals surface area contributed by atoms with Crippen molar-refractivity contribution >= 4 is 10.9 Å². The lowest BCUT2D eigenvalue weighted by atomic mass is 10.0. The maximum atomic E-state index is 12.9. The summed E-state index contributed by atoms with van der Waals surface area (Å²) in [6, 6.07) is 17.2. The summed E-state index contributed by atoms with van der Waals surface area (Å²) in [5, 5.41) is 13.3. The van der Waals surface area contributed by atoms with Crippen LogP contribution in [0.4, 0.5) is 0 Å². The molecule has 0 unspecified atom stereocenters. The maximum absolute atomic E-state index is 12.9. The third-order valence-corrected chi connectivity index (χ3v) is 3.82. The van der Waals surface area contributed by atoms with Gasteiger partial charge in [-0.15, -0.1) is 0 Å². The number of nitrogens with zero attached hydrogens (tertiary/aromatic N) is 3. The van der Waals surface area contributed by atoms with Gasteiger partial charge in [0.2, 0.25) is 0 Å². The molecule has 0 bridgehead atoms. The first kappa shape index (κ1) is 15.9. The molecule has 0 radical (unpaired) electrons. The van der Waals surface area contributed by atoms with Gasteiger partial charge in [-0.2, -0.15) is 0 Å². The summed E-state index contributed by atoms with van der Waals surface area (Å²) in [4.78, 5) is 17.3. The summed E-state index contributed by atoms with van der Waals surface area (Å²) >= 11 is 0. The summed E-state index contributed by atoms with van der Waals surface area (Å²) in [5.74, 6) is 0. The standard InChI is InChI=1S/C19H19N3O2/c1-19(2,3)22-15-12-8-7-11-14(15)16(13-9-5-4-6-10-13)20-17(21-24)18(22)23/h4-12,24H,1-3H3. The second-order valence-electron chi connectivity index (χ2n) is 6.58. The number of aromatic nitrogens is 2. The average molecular weight is 321 g/mol. The van der Waals surface area contributed by atoms with Gasteiger partial charge in [0.15, 0.2) is 0 Å². The van der Waals surface area contributed by atoms with Crippen LogP contribution >= 0.6 is 0 Å². The Morgan fingerprint density at radius 3 is 2.25 bits per heavy atom. The maximum Gasteiger partial charge on any atom is 0.300 e. The second kappa shape index (κ2) is 5.92. The SMILES string of the molecule is CC(C)(C)n1c(=O)c(=NO)nc(-c2ccccc2)c2ccccc21. The molecule has 24 heavy (non-hydrogen) atoms. The summed E-state index contributed by atoms with van der Waals surface area (Å²) < 4.78 is 1.62. The molecule has 0 saturated heterocycles. The van der Waals surface area contributed by atoms with Gasteiger partial charge in [0.05, 0.1) is 11.2 Å². The molecule has 0 aliphatic carbocycles. The summed E-state index contributed by atoms with van der Waals surface area (Å²) in [5.41, 5.74) is 1.07. The van der Waals surface area contributed by atoms with Gasteiger partial charge >= 0.3 is 0 Å². The average Bonchev–Trinajstić information content (AvgIpc) is 2.69. The predicted molar refractivity (Wildman–Crippen MR) is 93.8 cm³/mol. The second-order valence-corrected chi connectivity index (χ2v) is 6.58. The van der Waals surface area contributed by atoms with Crippen LogP contribution in [-0.2, 0) is 5.54 Å². The van der Waals surface area contributed by atoms with Crippen LogP contribution in [0, 0.1) is 0 Å². The lowest BCUT2D eigenvalue weighted by Crippen LogP contribution is -2.41. The molecule has 0 spiro atoms. The quantitative estimate of drug-likeness (QED) is 0.553. The molecule has 2 aromatic carbocycles. The van der Waals surface area contributed by atoms with E-state index >= 15 is 0 Å². The Morgan fingerprint density at radius 2 is 1.62 bits per heavy atom. The van der Waals surface area contributed by atoms with Crippen LogP contribution < -0.4 is 11.0 Å². The smallest absolute Gasteiger partial charge is 0.300 e. The molecular formula is C19H19N3O2. The van der Waals surface area contributed by atoms with Crippen LogP contribution in [0.15, 0.2) is 64.5 Å². The zero-order valence-electron chi connectivity index (χ0n) is 13.9. The van der Waals surface area contributed by atoms with E-state index in [9.17, 15) is 10.0 Å². The highest BCUT2D eigenvalue weighted by Crippen LogP contribution is 2.26. The minimum atomic E-state index is -0.495. The van der Waals surface area contributed by atoms with Gasteiger partial charge in [0, 0.05) is 16.5 Å². The van der Waals surface area contributed by atoms with E-state index in [4.69, 9.17) is 0 Å². The molecule has 5 nitrogen and oxygen atoms in total. The first-order valence-electron chi connectivity index (χ1n) is 7.73. The van der Waals surface area contributed by atoms with Crippen LogP contribution in [0.5, 0.6) is 0 Å². The molecule has 0 aliphatic rings. The van der Waals surface area contributed by atoms with Crippen molar-refractivity contribution in [1.82, 2.24) is 9.55 Å². The number of rotatable bonds is 1. The Balaban J connectivity index is 2.64. The van der Waals surface area contributed by atoms with Crippen LogP contribution in [0.1, 0.15) is 20.8 Å². The Morgan fingerprint density at radius 1 is 1.00 bits per heavy atom. The molecule has 0 aliphatic heterocycles. The Labute approximate surface area is 139 Å². The van der Waals surface area contributed by atoms with Gasteiger partial charge in [-0.3, -0.25) is 9.36 Å². The number of para-hydroxylation sites is 1. The van der Waals surface area contributed by atoms with E-state index in [1.54, 1.807) is 4.57 Å². The van der Waals surface area contributed by atoms with E-state index in [1.165, 1.54) is 0 Å². The molecule has 1 N–H and O–H groups in total. The molecule has 122 valence electrons. The third kappa shape index (κ3) is 2.69. The van der Waals surface area contributed by atoms with E-state index in [1.807, 2.05) is 75.4 Å². The fourth-order valence-corrected chi connectivity index (χ4v) is 2.84. The van der Waals surface area contributed by atoms with Crippen molar-refractivity contribution < 1.29 is 5.21 Å². The van der Waals surface area contributed by atoms with Crippen molar-refractivity contribution in [1.29, 1.82) is 0 Å². The van der Waals surface area contributed by atoms with Gasteiger partial charge in [-0.1, -0.05) is 53.7 Å². The van der Waals surface area contributed by atoms with Crippen LogP contribution in [0.25, 0.3) is 22.2 Å². The zero-order chi connectivity index (χ0) is 17.3. The first-order valence-corrected chi connectivity index (χ1v) is 7.73. The third-order valence-electron chi connectivity index (χ3n) is 3.82. The highest BCUT2D eigenvalue weighted by atomic mass is 16.4. The van der Waals surface area contributed by atoms with Crippen molar-refractivity contribution in [2.45, 2.75) is 26.3 Å². The molecule has 3 aromatic rings. The molecule has 3 rings (SSSR count). The minimum Gasteiger partial charge on any atom is -0.409 e. The molecule has 5 heteroatoms. The first-order chi connectivity index (χ1) is 11.4. The Bertz CT molecular complexity index is 1020. The van der Waals surface area contributed by atoms with Gasteiger partial charge in [0.1, 0.15) is 0 Å².